The predicted octanol–water partition coefficient (Wildman–Crippen LogP) is 2.78. The normalized spacial score (nSPS) is 12.2. The van der Waals surface area contributed by atoms with Crippen molar-refractivity contribution in [1.29, 1.82) is 0 Å². The van der Waals surface area contributed by atoms with E-state index in [9.17, 15) is 0 Å². The van der Waals surface area contributed by atoms with Crippen LogP contribution in [0.25, 0.3) is 11.4 Å². The maximum absolute atomic E-state index is 6.10. The Balaban J connectivity index is 2.09. The van der Waals surface area contributed by atoms with Crippen molar-refractivity contribution in [2.24, 2.45) is 0 Å². The van der Waals surface area contributed by atoms with E-state index in [1.54, 1.807) is 12.4 Å². The maximum Gasteiger partial charge on any atom is 0.160 e. The topological polar surface area (TPSA) is 47.0 Å². The van der Waals surface area contributed by atoms with Crippen molar-refractivity contribution in [1.82, 2.24) is 15.3 Å². The number of likely N-dealkylation sites (N-methyl/N-ethyl adjacent to an activating group) is 1. The molecule has 1 atom stereocenters. The molecule has 0 fully saturated rings. The van der Waals surface area contributed by atoms with Crippen molar-refractivity contribution in [3.8, 4) is 17.1 Å². The molecule has 5 heteroatoms. The van der Waals surface area contributed by atoms with E-state index in [2.05, 4.69) is 15.3 Å². The molecule has 0 radical (unpaired) electrons. The van der Waals surface area contributed by atoms with Crippen LogP contribution in [0.2, 0.25) is 5.02 Å². The minimum atomic E-state index is 0.281. The van der Waals surface area contributed by atoms with E-state index in [1.165, 1.54) is 0 Å². The molecule has 2 aromatic rings. The van der Waals surface area contributed by atoms with Gasteiger partial charge in [0.05, 0.1) is 17.4 Å². The zero-order chi connectivity index (χ0) is 13.7. The number of hydrogen-bond donors (Lipinski definition) is 1. The molecule has 4 nitrogen and oxygen atoms in total. The van der Waals surface area contributed by atoms with Crippen LogP contribution in [-0.4, -0.2) is 29.7 Å². The van der Waals surface area contributed by atoms with E-state index in [0.29, 0.717) is 23.2 Å². The lowest BCUT2D eigenvalue weighted by Crippen LogP contribution is -2.28. The third-order valence-electron chi connectivity index (χ3n) is 2.74. The number of ether oxygens (including phenoxy) is 1. The average molecular weight is 278 g/mol. The highest BCUT2D eigenvalue weighted by Gasteiger charge is 2.06. The summed E-state index contributed by atoms with van der Waals surface area (Å²) in [6.07, 6.45) is 3.32. The number of benzene rings is 1. The largest absolute Gasteiger partial charge is 0.489 e. The van der Waals surface area contributed by atoms with Gasteiger partial charge in [-0.15, -0.1) is 0 Å². The first-order chi connectivity index (χ1) is 9.20. The Bertz CT molecular complexity index is 530. The maximum atomic E-state index is 6.10. The van der Waals surface area contributed by atoms with E-state index in [1.807, 2.05) is 38.2 Å². The van der Waals surface area contributed by atoms with E-state index >= 15 is 0 Å². The molecule has 0 aliphatic carbocycles. The molecule has 0 saturated carbocycles. The fourth-order valence-electron chi connectivity index (χ4n) is 1.48. The SMILES string of the molecule is CNC(C)COc1cnc(-c2ccccc2Cl)nc1. The Kier molecular flexibility index (Phi) is 4.71. The molecule has 100 valence electrons. The molecular weight excluding hydrogens is 262 g/mol. The zero-order valence-corrected chi connectivity index (χ0v) is 11.7. The highest BCUT2D eigenvalue weighted by molar-refractivity contribution is 6.33. The van der Waals surface area contributed by atoms with Crippen LogP contribution < -0.4 is 10.1 Å². The second-order valence-corrected chi connectivity index (χ2v) is 4.63. The lowest BCUT2D eigenvalue weighted by molar-refractivity contribution is 0.278. The average Bonchev–Trinajstić information content (AvgIpc) is 2.46. The van der Waals surface area contributed by atoms with Crippen molar-refractivity contribution in [2.75, 3.05) is 13.7 Å². The molecule has 1 unspecified atom stereocenters. The van der Waals surface area contributed by atoms with Crippen molar-refractivity contribution >= 4 is 11.6 Å². The number of aromatic nitrogens is 2. The molecule has 1 heterocycles. The predicted molar refractivity (Wildman–Crippen MR) is 76.5 cm³/mol. The van der Waals surface area contributed by atoms with Crippen LogP contribution >= 0.6 is 11.6 Å². The molecule has 19 heavy (non-hydrogen) atoms. The smallest absolute Gasteiger partial charge is 0.160 e. The van der Waals surface area contributed by atoms with Gasteiger partial charge in [-0.25, -0.2) is 9.97 Å². The summed E-state index contributed by atoms with van der Waals surface area (Å²) < 4.78 is 5.56. The number of halogens is 1. The Morgan fingerprint density at radius 2 is 1.95 bits per heavy atom. The van der Waals surface area contributed by atoms with Gasteiger partial charge in [-0.05, 0) is 26.1 Å². The first kappa shape index (κ1) is 13.8. The second kappa shape index (κ2) is 6.50. The highest BCUT2D eigenvalue weighted by Crippen LogP contribution is 2.24. The lowest BCUT2D eigenvalue weighted by atomic mass is 10.2. The minimum Gasteiger partial charge on any atom is -0.489 e. The first-order valence-corrected chi connectivity index (χ1v) is 6.45. The van der Waals surface area contributed by atoms with Crippen LogP contribution in [0.5, 0.6) is 5.75 Å². The molecule has 1 aromatic heterocycles. The summed E-state index contributed by atoms with van der Waals surface area (Å²) in [6.45, 7) is 2.62. The van der Waals surface area contributed by atoms with Crippen molar-refractivity contribution < 1.29 is 4.74 Å². The van der Waals surface area contributed by atoms with Gasteiger partial charge < -0.3 is 10.1 Å². The molecule has 0 bridgehead atoms. The van der Waals surface area contributed by atoms with Gasteiger partial charge in [0.25, 0.3) is 0 Å². The summed E-state index contributed by atoms with van der Waals surface area (Å²) in [7, 11) is 1.89. The Labute approximate surface area is 117 Å². The van der Waals surface area contributed by atoms with Crippen LogP contribution in [0.15, 0.2) is 36.7 Å². The van der Waals surface area contributed by atoms with E-state index in [-0.39, 0.29) is 6.04 Å². The Morgan fingerprint density at radius 3 is 2.58 bits per heavy atom. The minimum absolute atomic E-state index is 0.281. The summed E-state index contributed by atoms with van der Waals surface area (Å²) >= 11 is 6.10. The van der Waals surface area contributed by atoms with Crippen molar-refractivity contribution in [2.45, 2.75) is 13.0 Å². The van der Waals surface area contributed by atoms with Gasteiger partial charge in [-0.3, -0.25) is 0 Å². The fourth-order valence-corrected chi connectivity index (χ4v) is 1.70. The molecule has 2 rings (SSSR count). The number of nitrogens with one attached hydrogen (secondary N) is 1. The summed E-state index contributed by atoms with van der Waals surface area (Å²) in [5, 5.41) is 3.74. The molecule has 0 spiro atoms. The van der Waals surface area contributed by atoms with E-state index in [0.717, 1.165) is 5.56 Å². The van der Waals surface area contributed by atoms with Gasteiger partial charge in [0.1, 0.15) is 6.61 Å². The van der Waals surface area contributed by atoms with Crippen LogP contribution in [-0.2, 0) is 0 Å². The standard InChI is InChI=1S/C14H16ClN3O/c1-10(16-2)9-19-11-7-17-14(18-8-11)12-5-3-4-6-13(12)15/h3-8,10,16H,9H2,1-2H3. The monoisotopic (exact) mass is 277 g/mol. The quantitative estimate of drug-likeness (QED) is 0.913. The first-order valence-electron chi connectivity index (χ1n) is 6.07. The van der Waals surface area contributed by atoms with Gasteiger partial charge in [0.15, 0.2) is 11.6 Å². The molecule has 1 N–H and O–H groups in total. The van der Waals surface area contributed by atoms with Gasteiger partial charge in [-0.1, -0.05) is 23.7 Å². The molecule has 0 aliphatic rings. The van der Waals surface area contributed by atoms with Crippen LogP contribution in [0.3, 0.4) is 0 Å². The van der Waals surface area contributed by atoms with E-state index in [4.69, 9.17) is 16.3 Å². The summed E-state index contributed by atoms with van der Waals surface area (Å²) in [4.78, 5) is 8.55. The van der Waals surface area contributed by atoms with Gasteiger partial charge in [0.2, 0.25) is 0 Å². The fraction of sp³-hybridized carbons (Fsp3) is 0.286. The Hall–Kier alpha value is -1.65. The third-order valence-corrected chi connectivity index (χ3v) is 3.07. The highest BCUT2D eigenvalue weighted by atomic mass is 35.5. The van der Waals surface area contributed by atoms with Crippen LogP contribution in [0.1, 0.15) is 6.92 Å². The van der Waals surface area contributed by atoms with Crippen molar-refractivity contribution in [3.63, 3.8) is 0 Å². The number of hydrogen-bond acceptors (Lipinski definition) is 4. The van der Waals surface area contributed by atoms with Crippen molar-refractivity contribution in [3.05, 3.63) is 41.7 Å². The Morgan fingerprint density at radius 1 is 1.26 bits per heavy atom. The molecule has 0 saturated heterocycles. The zero-order valence-electron chi connectivity index (χ0n) is 10.9. The summed E-state index contributed by atoms with van der Waals surface area (Å²) in [5.41, 5.74) is 0.819. The molecule has 0 aliphatic heterocycles. The van der Waals surface area contributed by atoms with E-state index < -0.39 is 0 Å². The van der Waals surface area contributed by atoms with Gasteiger partial charge >= 0.3 is 0 Å². The third kappa shape index (κ3) is 3.66. The summed E-state index contributed by atoms with van der Waals surface area (Å²) in [5.74, 6) is 1.25. The molecule has 0 amide bonds. The van der Waals surface area contributed by atoms with Gasteiger partial charge in [0, 0.05) is 11.6 Å². The lowest BCUT2D eigenvalue weighted by Gasteiger charge is -2.11. The van der Waals surface area contributed by atoms with Crippen LogP contribution in [0.4, 0.5) is 0 Å². The number of nitrogens with zero attached hydrogens (tertiary/aromatic N) is 2. The summed E-state index contributed by atoms with van der Waals surface area (Å²) in [6, 6.07) is 7.77. The number of rotatable bonds is 5. The van der Waals surface area contributed by atoms with Crippen LogP contribution in [0, 0.1) is 0 Å². The molecular formula is C14H16ClN3O. The second-order valence-electron chi connectivity index (χ2n) is 4.22. The molecule has 1 aromatic carbocycles. The van der Waals surface area contributed by atoms with Gasteiger partial charge in [-0.2, -0.15) is 0 Å².